The molecule has 0 aromatic carbocycles. The Kier molecular flexibility index (Phi) is 3.13. The van der Waals surface area contributed by atoms with Gasteiger partial charge < -0.3 is 10.2 Å². The van der Waals surface area contributed by atoms with Crippen molar-refractivity contribution in [3.63, 3.8) is 0 Å². The van der Waals surface area contributed by atoms with Crippen LogP contribution in [0.5, 0.6) is 0 Å². The number of piperidine rings is 1. The van der Waals surface area contributed by atoms with Gasteiger partial charge in [0.2, 0.25) is 5.91 Å². The summed E-state index contributed by atoms with van der Waals surface area (Å²) in [7, 11) is 0. The molecule has 1 saturated heterocycles. The van der Waals surface area contributed by atoms with E-state index in [1.807, 2.05) is 12.1 Å². The third kappa shape index (κ3) is 2.60. The van der Waals surface area contributed by atoms with E-state index in [1.54, 1.807) is 0 Å². The fourth-order valence-corrected chi connectivity index (χ4v) is 2.26. The van der Waals surface area contributed by atoms with Crippen LogP contribution in [0.1, 0.15) is 32.1 Å². The standard InChI is InChI=1S/C13H18N4O/c18-13(10-4-5-10)14-11-6-7-12(16-15-11)17-8-2-1-3-9-17/h6-7,10H,1-5,8-9H2,(H,14,15,18). The van der Waals surface area contributed by atoms with Crippen LogP contribution >= 0.6 is 0 Å². The van der Waals surface area contributed by atoms with Crippen LogP contribution in [0.2, 0.25) is 0 Å². The van der Waals surface area contributed by atoms with Gasteiger partial charge in [-0.3, -0.25) is 4.79 Å². The number of nitrogens with zero attached hydrogens (tertiary/aromatic N) is 3. The highest BCUT2D eigenvalue weighted by Gasteiger charge is 2.29. The molecule has 1 aliphatic carbocycles. The summed E-state index contributed by atoms with van der Waals surface area (Å²) in [4.78, 5) is 13.8. The van der Waals surface area contributed by atoms with E-state index in [-0.39, 0.29) is 11.8 Å². The molecule has 3 rings (SSSR count). The van der Waals surface area contributed by atoms with Gasteiger partial charge in [0.15, 0.2) is 11.6 Å². The van der Waals surface area contributed by atoms with Crippen LogP contribution in [0, 0.1) is 5.92 Å². The minimum absolute atomic E-state index is 0.0787. The number of amides is 1. The Balaban J connectivity index is 1.62. The SMILES string of the molecule is O=C(Nc1ccc(N2CCCCC2)nn1)C1CC1. The molecule has 5 heteroatoms. The zero-order valence-corrected chi connectivity index (χ0v) is 10.4. The smallest absolute Gasteiger partial charge is 0.228 e. The Bertz CT molecular complexity index is 421. The first-order chi connectivity index (χ1) is 8.83. The van der Waals surface area contributed by atoms with Crippen molar-refractivity contribution in [3.05, 3.63) is 12.1 Å². The van der Waals surface area contributed by atoms with E-state index < -0.39 is 0 Å². The quantitative estimate of drug-likeness (QED) is 0.883. The molecule has 18 heavy (non-hydrogen) atoms. The number of carbonyl (C=O) groups excluding carboxylic acids is 1. The normalized spacial score (nSPS) is 19.7. The minimum atomic E-state index is 0.0787. The molecule has 5 nitrogen and oxygen atoms in total. The minimum Gasteiger partial charge on any atom is -0.355 e. The number of hydrogen-bond donors (Lipinski definition) is 1. The predicted molar refractivity (Wildman–Crippen MR) is 69.4 cm³/mol. The van der Waals surface area contributed by atoms with Gasteiger partial charge in [-0.1, -0.05) is 0 Å². The maximum Gasteiger partial charge on any atom is 0.228 e. The number of carbonyl (C=O) groups is 1. The van der Waals surface area contributed by atoms with Crippen molar-refractivity contribution >= 4 is 17.5 Å². The zero-order valence-electron chi connectivity index (χ0n) is 10.4. The Morgan fingerprint density at radius 2 is 1.94 bits per heavy atom. The van der Waals surface area contributed by atoms with E-state index in [2.05, 4.69) is 20.4 Å². The molecule has 96 valence electrons. The Morgan fingerprint density at radius 1 is 1.17 bits per heavy atom. The van der Waals surface area contributed by atoms with Crippen LogP contribution in [0.3, 0.4) is 0 Å². The number of nitrogens with one attached hydrogen (secondary N) is 1. The number of rotatable bonds is 3. The maximum absolute atomic E-state index is 11.6. The lowest BCUT2D eigenvalue weighted by Crippen LogP contribution is -2.30. The molecule has 0 atom stereocenters. The molecule has 1 aliphatic heterocycles. The van der Waals surface area contributed by atoms with Crippen molar-refractivity contribution in [2.75, 3.05) is 23.3 Å². The van der Waals surface area contributed by atoms with Crippen LogP contribution in [-0.4, -0.2) is 29.2 Å². The highest BCUT2D eigenvalue weighted by Crippen LogP contribution is 2.30. The van der Waals surface area contributed by atoms with Crippen LogP contribution in [0.15, 0.2) is 12.1 Å². The molecule has 1 N–H and O–H groups in total. The number of hydrogen-bond acceptors (Lipinski definition) is 4. The Morgan fingerprint density at radius 3 is 2.56 bits per heavy atom. The van der Waals surface area contributed by atoms with Gasteiger partial charge in [-0.2, -0.15) is 0 Å². The average Bonchev–Trinajstić information content (AvgIpc) is 3.25. The van der Waals surface area contributed by atoms with Crippen LogP contribution in [0.25, 0.3) is 0 Å². The molecule has 2 heterocycles. The van der Waals surface area contributed by atoms with E-state index in [1.165, 1.54) is 19.3 Å². The third-order valence-electron chi connectivity index (χ3n) is 3.53. The third-order valence-corrected chi connectivity index (χ3v) is 3.53. The molecule has 1 aromatic rings. The van der Waals surface area contributed by atoms with Gasteiger partial charge in [-0.05, 0) is 44.2 Å². The second-order valence-corrected chi connectivity index (χ2v) is 5.09. The highest BCUT2D eigenvalue weighted by atomic mass is 16.2. The van der Waals surface area contributed by atoms with Gasteiger partial charge in [0.1, 0.15) is 0 Å². The topological polar surface area (TPSA) is 58.1 Å². The van der Waals surface area contributed by atoms with E-state index in [0.717, 1.165) is 31.7 Å². The van der Waals surface area contributed by atoms with Crippen molar-refractivity contribution < 1.29 is 4.79 Å². The summed E-state index contributed by atoms with van der Waals surface area (Å²) in [5.41, 5.74) is 0. The van der Waals surface area contributed by atoms with Crippen molar-refractivity contribution in [3.8, 4) is 0 Å². The first-order valence-electron chi connectivity index (χ1n) is 6.72. The molecule has 0 spiro atoms. The lowest BCUT2D eigenvalue weighted by molar-refractivity contribution is -0.117. The molecule has 2 aliphatic rings. The monoisotopic (exact) mass is 246 g/mol. The van der Waals surface area contributed by atoms with Crippen molar-refractivity contribution in [2.45, 2.75) is 32.1 Å². The average molecular weight is 246 g/mol. The highest BCUT2D eigenvalue weighted by molar-refractivity contribution is 5.93. The van der Waals surface area contributed by atoms with Crippen LogP contribution in [-0.2, 0) is 4.79 Å². The van der Waals surface area contributed by atoms with Crippen LogP contribution in [0.4, 0.5) is 11.6 Å². The summed E-state index contributed by atoms with van der Waals surface area (Å²) in [5.74, 6) is 1.76. The summed E-state index contributed by atoms with van der Waals surface area (Å²) in [5, 5.41) is 11.1. The maximum atomic E-state index is 11.6. The van der Waals surface area contributed by atoms with E-state index in [0.29, 0.717) is 5.82 Å². The zero-order chi connectivity index (χ0) is 12.4. The van der Waals surface area contributed by atoms with Gasteiger partial charge in [-0.15, -0.1) is 10.2 Å². The molecule has 2 fully saturated rings. The Hall–Kier alpha value is -1.65. The largest absolute Gasteiger partial charge is 0.355 e. The second kappa shape index (κ2) is 4.92. The second-order valence-electron chi connectivity index (χ2n) is 5.09. The molecule has 1 saturated carbocycles. The molecule has 1 aromatic heterocycles. The molecule has 0 unspecified atom stereocenters. The van der Waals surface area contributed by atoms with Gasteiger partial charge >= 0.3 is 0 Å². The lowest BCUT2D eigenvalue weighted by Gasteiger charge is -2.27. The van der Waals surface area contributed by atoms with Gasteiger partial charge in [0, 0.05) is 19.0 Å². The van der Waals surface area contributed by atoms with Gasteiger partial charge in [0.25, 0.3) is 0 Å². The molecule has 0 bridgehead atoms. The van der Waals surface area contributed by atoms with Crippen molar-refractivity contribution in [1.82, 2.24) is 10.2 Å². The van der Waals surface area contributed by atoms with E-state index in [9.17, 15) is 4.79 Å². The summed E-state index contributed by atoms with van der Waals surface area (Å²) in [6, 6.07) is 3.79. The number of anilines is 2. The molecular weight excluding hydrogens is 228 g/mol. The first kappa shape index (κ1) is 11.4. The number of aromatic nitrogens is 2. The molecular formula is C13H18N4O. The van der Waals surface area contributed by atoms with Crippen LogP contribution < -0.4 is 10.2 Å². The van der Waals surface area contributed by atoms with Crippen molar-refractivity contribution in [2.24, 2.45) is 5.92 Å². The summed E-state index contributed by atoms with van der Waals surface area (Å²) in [6.07, 6.45) is 5.76. The fourth-order valence-electron chi connectivity index (χ4n) is 2.26. The fraction of sp³-hybridized carbons (Fsp3) is 0.615. The molecule has 0 radical (unpaired) electrons. The summed E-state index contributed by atoms with van der Waals surface area (Å²) < 4.78 is 0. The van der Waals surface area contributed by atoms with Gasteiger partial charge in [0.05, 0.1) is 0 Å². The molecule has 1 amide bonds. The summed E-state index contributed by atoms with van der Waals surface area (Å²) >= 11 is 0. The Labute approximate surface area is 107 Å². The van der Waals surface area contributed by atoms with E-state index >= 15 is 0 Å². The van der Waals surface area contributed by atoms with Gasteiger partial charge in [-0.25, -0.2) is 0 Å². The first-order valence-corrected chi connectivity index (χ1v) is 6.72. The predicted octanol–water partition coefficient (Wildman–Crippen LogP) is 1.82. The summed E-state index contributed by atoms with van der Waals surface area (Å²) in [6.45, 7) is 2.12. The van der Waals surface area contributed by atoms with E-state index in [4.69, 9.17) is 0 Å². The van der Waals surface area contributed by atoms with Crippen molar-refractivity contribution in [1.29, 1.82) is 0 Å². The lowest BCUT2D eigenvalue weighted by atomic mass is 10.1.